The summed E-state index contributed by atoms with van der Waals surface area (Å²) < 4.78 is 13.9. The van der Waals surface area contributed by atoms with E-state index in [4.69, 9.17) is 44.1 Å². The van der Waals surface area contributed by atoms with E-state index in [9.17, 15) is 0 Å². The molecule has 8 aliphatic rings. The van der Waals surface area contributed by atoms with Crippen LogP contribution in [0, 0.1) is 35.5 Å². The Morgan fingerprint density at radius 3 is 1.09 bits per heavy atom. The van der Waals surface area contributed by atoms with Gasteiger partial charge in [-0.25, -0.2) is 0 Å². The molecule has 0 aromatic heterocycles. The summed E-state index contributed by atoms with van der Waals surface area (Å²) in [4.78, 5) is 0. The van der Waals surface area contributed by atoms with Crippen LogP contribution in [-0.4, -0.2) is 0 Å². The van der Waals surface area contributed by atoms with Crippen molar-refractivity contribution in [3.63, 3.8) is 0 Å². The molecule has 0 amide bonds. The summed E-state index contributed by atoms with van der Waals surface area (Å²) in [5, 5.41) is 1.24. The summed E-state index contributed by atoms with van der Waals surface area (Å²) in [5.74, 6) is 8.07. The Bertz CT molecular complexity index is 1460. The number of ether oxygens (including phenoxy) is 2. The quantitative estimate of drug-likeness (QED) is 0.266. The maximum absolute atomic E-state index is 6.95. The Morgan fingerprint density at radius 2 is 0.795 bits per heavy atom. The van der Waals surface area contributed by atoms with E-state index < -0.39 is 0 Å². The summed E-state index contributed by atoms with van der Waals surface area (Å²) in [6.45, 7) is 0. The smallest absolute Gasteiger partial charge is 0.150 e. The van der Waals surface area contributed by atoms with Gasteiger partial charge in [-0.2, -0.15) is 0 Å². The Labute approximate surface area is 270 Å². The molecule has 0 unspecified atom stereocenters. The molecule has 0 spiro atoms. The molecule has 4 nitrogen and oxygen atoms in total. The van der Waals surface area contributed by atoms with Crippen molar-refractivity contribution < 1.29 is 9.47 Å². The molecular formula is C38H42Cl2N2O2. The second-order valence-corrected chi connectivity index (χ2v) is 16.7. The highest BCUT2D eigenvalue weighted by Gasteiger charge is 2.55. The molecule has 8 fully saturated rings. The van der Waals surface area contributed by atoms with Crippen LogP contribution in [0.4, 0.5) is 11.4 Å². The minimum absolute atomic E-state index is 0.0922. The lowest BCUT2D eigenvalue weighted by Gasteiger charge is -2.58. The van der Waals surface area contributed by atoms with Gasteiger partial charge in [0.15, 0.2) is 0 Å². The number of rotatable bonds is 6. The predicted molar refractivity (Wildman–Crippen MR) is 178 cm³/mol. The topological polar surface area (TPSA) is 70.5 Å². The molecule has 0 saturated heterocycles. The molecule has 6 heteroatoms. The fourth-order valence-corrected chi connectivity index (χ4v) is 12.3. The Hall–Kier alpha value is -2.56. The first-order valence-electron chi connectivity index (χ1n) is 16.9. The van der Waals surface area contributed by atoms with Crippen molar-refractivity contribution >= 4 is 34.6 Å². The molecule has 4 N–H and O–H groups in total. The molecule has 44 heavy (non-hydrogen) atoms. The average molecular weight is 630 g/mol. The normalized spacial score (nSPS) is 36.1. The number of hydrogen-bond acceptors (Lipinski definition) is 4. The van der Waals surface area contributed by atoms with Crippen molar-refractivity contribution in [1.82, 2.24) is 0 Å². The van der Waals surface area contributed by atoms with Crippen LogP contribution in [0.25, 0.3) is 0 Å². The second kappa shape index (κ2) is 9.97. The van der Waals surface area contributed by atoms with Crippen molar-refractivity contribution in [2.75, 3.05) is 11.5 Å². The summed E-state index contributed by atoms with van der Waals surface area (Å²) in [5.41, 5.74) is 16.9. The molecule has 11 rings (SSSR count). The van der Waals surface area contributed by atoms with Crippen LogP contribution in [0.3, 0.4) is 0 Å². The molecule has 0 aliphatic heterocycles. The molecule has 3 aromatic carbocycles. The Morgan fingerprint density at radius 1 is 0.477 bits per heavy atom. The third kappa shape index (κ3) is 4.53. The molecule has 0 heterocycles. The molecular weight excluding hydrogens is 587 g/mol. The zero-order valence-electron chi connectivity index (χ0n) is 25.3. The first kappa shape index (κ1) is 27.7. The fraction of sp³-hybridized carbons (Fsp3) is 0.526. The maximum Gasteiger partial charge on any atom is 0.150 e. The van der Waals surface area contributed by atoms with Crippen LogP contribution >= 0.6 is 23.2 Å². The van der Waals surface area contributed by atoms with E-state index in [1.54, 1.807) is 12.1 Å². The van der Waals surface area contributed by atoms with E-state index >= 15 is 0 Å². The van der Waals surface area contributed by atoms with Crippen LogP contribution in [0.5, 0.6) is 23.0 Å². The second-order valence-electron chi connectivity index (χ2n) is 15.8. The van der Waals surface area contributed by atoms with Crippen LogP contribution in [0.1, 0.15) is 88.2 Å². The van der Waals surface area contributed by atoms with Gasteiger partial charge in [-0.05, 0) is 172 Å². The van der Waals surface area contributed by atoms with Crippen molar-refractivity contribution in [2.24, 2.45) is 35.5 Å². The zero-order valence-corrected chi connectivity index (χ0v) is 26.8. The summed E-state index contributed by atoms with van der Waals surface area (Å²) in [7, 11) is 0. The van der Waals surface area contributed by atoms with Crippen LogP contribution in [0.2, 0.25) is 10.0 Å². The first-order chi connectivity index (χ1) is 21.2. The van der Waals surface area contributed by atoms with Gasteiger partial charge in [-0.1, -0.05) is 23.2 Å². The summed E-state index contributed by atoms with van der Waals surface area (Å²) >= 11 is 12.6. The average Bonchev–Trinajstić information content (AvgIpc) is 2.95. The van der Waals surface area contributed by atoms with Gasteiger partial charge in [0.05, 0.1) is 11.4 Å². The number of hydrogen-bond donors (Lipinski definition) is 2. The van der Waals surface area contributed by atoms with Crippen molar-refractivity contribution in [3.8, 4) is 23.0 Å². The summed E-state index contributed by atoms with van der Waals surface area (Å²) in [6, 6.07) is 15.9. The van der Waals surface area contributed by atoms with Gasteiger partial charge < -0.3 is 20.9 Å². The van der Waals surface area contributed by atoms with Crippen molar-refractivity contribution in [2.45, 2.75) is 87.9 Å². The van der Waals surface area contributed by atoms with E-state index in [0.717, 1.165) is 47.0 Å². The van der Waals surface area contributed by atoms with E-state index in [1.807, 2.05) is 24.3 Å². The third-order valence-corrected chi connectivity index (χ3v) is 13.2. The lowest BCUT2D eigenvalue weighted by atomic mass is 9.47. The molecule has 8 bridgehead atoms. The molecule has 3 aromatic rings. The summed E-state index contributed by atoms with van der Waals surface area (Å²) in [6.07, 6.45) is 15.7. The zero-order chi connectivity index (χ0) is 29.8. The fourth-order valence-electron chi connectivity index (χ4n) is 11.9. The highest BCUT2D eigenvalue weighted by molar-refractivity contribution is 6.31. The number of anilines is 2. The SMILES string of the molecule is Nc1cc(Cl)ccc1Oc1cc(C23CC4CC(CC(C4)C2)C3)c(Oc2ccc(Cl)cc2N)cc1C12CC3CC(CC(C3)C1)C2. The number of benzene rings is 3. The van der Waals surface area contributed by atoms with Gasteiger partial charge in [0.25, 0.3) is 0 Å². The molecule has 230 valence electrons. The highest BCUT2D eigenvalue weighted by Crippen LogP contribution is 2.66. The van der Waals surface area contributed by atoms with Crippen LogP contribution in [-0.2, 0) is 10.8 Å². The van der Waals surface area contributed by atoms with Gasteiger partial charge in [0.2, 0.25) is 0 Å². The number of nitrogens with two attached hydrogens (primary N) is 2. The molecule has 8 saturated carbocycles. The highest BCUT2D eigenvalue weighted by atomic mass is 35.5. The standard InChI is InChI=1S/C38H42Cl2N2O2/c39-27-1-3-33(31(41)11-27)43-35-13-30(38-18-24-8-25(19-38)10-26(9-24)20-38)36(44-34-4-2-28(40)12-32(34)42)14-29(35)37-15-21-5-22(16-37)7-23(6-21)17-37/h1-4,11-14,21-26H,5-10,15-20,41-42H2. The van der Waals surface area contributed by atoms with E-state index in [2.05, 4.69) is 12.1 Å². The molecule has 8 aliphatic carbocycles. The monoisotopic (exact) mass is 628 g/mol. The minimum Gasteiger partial charge on any atom is -0.455 e. The maximum atomic E-state index is 6.95. The van der Waals surface area contributed by atoms with Crippen LogP contribution in [0.15, 0.2) is 48.5 Å². The lowest BCUT2D eigenvalue weighted by Crippen LogP contribution is -2.49. The third-order valence-electron chi connectivity index (χ3n) is 12.7. The minimum atomic E-state index is 0.0922. The number of nitrogen functional groups attached to an aromatic ring is 2. The van der Waals surface area contributed by atoms with Crippen LogP contribution < -0.4 is 20.9 Å². The van der Waals surface area contributed by atoms with Gasteiger partial charge in [-0.3, -0.25) is 0 Å². The largest absolute Gasteiger partial charge is 0.455 e. The first-order valence-corrected chi connectivity index (χ1v) is 17.6. The van der Waals surface area contributed by atoms with E-state index in [1.165, 1.54) is 88.2 Å². The Kier molecular flexibility index (Phi) is 6.28. The molecule has 0 atom stereocenters. The Balaban J connectivity index is 1.24. The van der Waals surface area contributed by atoms with Gasteiger partial charge in [0.1, 0.15) is 23.0 Å². The molecule has 0 radical (unpaired) electrons. The van der Waals surface area contributed by atoms with Crippen molar-refractivity contribution in [3.05, 3.63) is 69.7 Å². The lowest BCUT2D eigenvalue weighted by molar-refractivity contribution is -0.00823. The van der Waals surface area contributed by atoms with E-state index in [0.29, 0.717) is 32.9 Å². The van der Waals surface area contributed by atoms with Crippen molar-refractivity contribution in [1.29, 1.82) is 0 Å². The van der Waals surface area contributed by atoms with Gasteiger partial charge in [-0.15, -0.1) is 0 Å². The number of halogens is 2. The van der Waals surface area contributed by atoms with Gasteiger partial charge in [0, 0.05) is 21.2 Å². The van der Waals surface area contributed by atoms with Gasteiger partial charge >= 0.3 is 0 Å². The predicted octanol–water partition coefficient (Wildman–Crippen LogP) is 10.7. The van der Waals surface area contributed by atoms with E-state index in [-0.39, 0.29) is 10.8 Å².